The maximum absolute atomic E-state index is 14.2. The molecule has 7 nitrogen and oxygen atoms in total. The van der Waals surface area contributed by atoms with Crippen LogP contribution in [0.15, 0.2) is 151 Å². The van der Waals surface area contributed by atoms with Crippen LogP contribution in [0.4, 0.5) is 5.69 Å². The van der Waals surface area contributed by atoms with Crippen molar-refractivity contribution in [2.75, 3.05) is 4.90 Å². The highest BCUT2D eigenvalue weighted by atomic mass is 35.5. The molecule has 8 rings (SSSR count). The number of amides is 1. The largest absolute Gasteiger partial charge is 0.310 e. The lowest BCUT2D eigenvalue weighted by atomic mass is 9.76. The van der Waals surface area contributed by atoms with E-state index in [2.05, 4.69) is 41.0 Å². The molecule has 3 heterocycles. The molecule has 0 spiro atoms. The van der Waals surface area contributed by atoms with Crippen LogP contribution in [0.25, 0.3) is 22.4 Å². The maximum Gasteiger partial charge on any atom is 0.260 e. The van der Waals surface area contributed by atoms with E-state index in [1.165, 1.54) is 0 Å². The maximum atomic E-state index is 14.2. The third-order valence-electron chi connectivity index (χ3n) is 9.69. The van der Waals surface area contributed by atoms with Gasteiger partial charge in [-0.2, -0.15) is 0 Å². The molecule has 5 aromatic carbocycles. The molecule has 0 aliphatic carbocycles. The van der Waals surface area contributed by atoms with Gasteiger partial charge in [0.1, 0.15) is 11.1 Å². The minimum absolute atomic E-state index is 0.213. The molecule has 0 fully saturated rings. The fourth-order valence-corrected chi connectivity index (χ4v) is 8.46. The highest BCUT2D eigenvalue weighted by Gasteiger charge is 2.42. The monoisotopic (exact) mass is 708 g/mol. The second kappa shape index (κ2) is 12.6. The fraction of sp³-hybridized carbons (Fsp3) is 0.119. The van der Waals surface area contributed by atoms with Crippen molar-refractivity contribution in [2.45, 2.75) is 36.1 Å². The minimum Gasteiger partial charge on any atom is -0.310 e. The first kappa shape index (κ1) is 32.6. The predicted molar refractivity (Wildman–Crippen MR) is 202 cm³/mol. The van der Waals surface area contributed by atoms with Gasteiger partial charge in [-0.15, -0.1) is 0 Å². The van der Waals surface area contributed by atoms with Gasteiger partial charge in [0.05, 0.1) is 44.9 Å². The van der Waals surface area contributed by atoms with Crippen LogP contribution in [0, 0.1) is 0 Å². The normalized spacial score (nSPS) is 13.3. The molecule has 1 aliphatic heterocycles. The molecule has 0 unspecified atom stereocenters. The van der Waals surface area contributed by atoms with Crippen molar-refractivity contribution in [3.8, 4) is 11.3 Å². The number of nitrogens with zero attached hydrogens (tertiary/aromatic N) is 4. The average molecular weight is 709 g/mol. The number of carbonyl (C=O) groups is 1. The van der Waals surface area contributed by atoms with Crippen LogP contribution < -0.4 is 4.90 Å². The van der Waals surface area contributed by atoms with Gasteiger partial charge in [0.15, 0.2) is 15.5 Å². The van der Waals surface area contributed by atoms with E-state index < -0.39 is 20.6 Å². The third-order valence-corrected chi connectivity index (χ3v) is 12.2. The summed E-state index contributed by atoms with van der Waals surface area (Å²) in [4.78, 5) is 26.5. The Kier molecular flexibility index (Phi) is 8.08. The van der Waals surface area contributed by atoms with E-state index in [4.69, 9.17) is 21.6 Å². The second-order valence-corrected chi connectivity index (χ2v) is 15.8. The second-order valence-electron chi connectivity index (χ2n) is 12.9. The molecule has 9 heteroatoms. The van der Waals surface area contributed by atoms with Gasteiger partial charge in [-0.05, 0) is 54.3 Å². The molecule has 0 N–H and O–H groups in total. The Bertz CT molecular complexity index is 2420. The predicted octanol–water partition coefficient (Wildman–Crippen LogP) is 8.93. The molecule has 51 heavy (non-hydrogen) atoms. The molecule has 0 saturated heterocycles. The van der Waals surface area contributed by atoms with Gasteiger partial charge in [-0.1, -0.05) is 127 Å². The topological polar surface area (TPSA) is 85.2 Å². The fourth-order valence-electron chi connectivity index (χ4n) is 7.12. The molecule has 0 saturated carbocycles. The first-order valence-corrected chi connectivity index (χ1v) is 18.6. The molecule has 0 bridgehead atoms. The summed E-state index contributed by atoms with van der Waals surface area (Å²) in [6.07, 6.45) is 3.69. The van der Waals surface area contributed by atoms with Crippen molar-refractivity contribution in [3.63, 3.8) is 0 Å². The van der Waals surface area contributed by atoms with Crippen LogP contribution in [0.2, 0.25) is 5.02 Å². The zero-order chi connectivity index (χ0) is 35.3. The van der Waals surface area contributed by atoms with E-state index in [0.717, 1.165) is 22.3 Å². The van der Waals surface area contributed by atoms with Gasteiger partial charge in [-0.3, -0.25) is 4.79 Å². The lowest BCUT2D eigenvalue weighted by Gasteiger charge is -2.38. The number of rotatable bonds is 8. The van der Waals surface area contributed by atoms with E-state index in [9.17, 15) is 13.2 Å². The summed E-state index contributed by atoms with van der Waals surface area (Å²) in [5.74, 6) is -0.213. The molecule has 7 aromatic rings. The van der Waals surface area contributed by atoms with Gasteiger partial charge in [0.2, 0.25) is 0 Å². The summed E-state index contributed by atoms with van der Waals surface area (Å²) in [6.45, 7) is 3.65. The number of sulfone groups is 1. The van der Waals surface area contributed by atoms with Crippen molar-refractivity contribution in [2.24, 2.45) is 0 Å². The van der Waals surface area contributed by atoms with Crippen LogP contribution in [0.1, 0.15) is 46.5 Å². The quantitative estimate of drug-likeness (QED) is 0.147. The number of hydrogen-bond acceptors (Lipinski definition) is 5. The number of anilines is 1. The van der Waals surface area contributed by atoms with Crippen LogP contribution in [-0.4, -0.2) is 34.1 Å². The van der Waals surface area contributed by atoms with Crippen molar-refractivity contribution < 1.29 is 13.2 Å². The summed E-state index contributed by atoms with van der Waals surface area (Å²) in [6, 6.07) is 43.0. The lowest BCUT2D eigenvalue weighted by molar-refractivity contribution is 0.0997. The summed E-state index contributed by atoms with van der Waals surface area (Å²) >= 11 is 6.60. The van der Waals surface area contributed by atoms with Gasteiger partial charge in [0, 0.05) is 11.8 Å². The Hall–Kier alpha value is -5.57. The Morgan fingerprint density at radius 3 is 1.84 bits per heavy atom. The van der Waals surface area contributed by atoms with Gasteiger partial charge < -0.3 is 9.47 Å². The first-order chi connectivity index (χ1) is 24.7. The van der Waals surface area contributed by atoms with Gasteiger partial charge in [0.25, 0.3) is 5.91 Å². The molecule has 0 atom stereocenters. The van der Waals surface area contributed by atoms with E-state index in [0.29, 0.717) is 45.2 Å². The van der Waals surface area contributed by atoms with Crippen molar-refractivity contribution in [1.29, 1.82) is 0 Å². The number of halogens is 1. The summed E-state index contributed by atoms with van der Waals surface area (Å²) in [5.41, 5.74) is 6.31. The molecule has 252 valence electrons. The number of hydrogen-bond donors (Lipinski definition) is 0. The Labute approximate surface area is 301 Å². The summed E-state index contributed by atoms with van der Waals surface area (Å²) in [7, 11) is -3.45. The highest BCUT2D eigenvalue weighted by Crippen LogP contribution is 2.46. The minimum atomic E-state index is -3.45. The van der Waals surface area contributed by atoms with Crippen molar-refractivity contribution in [3.05, 3.63) is 179 Å². The number of benzene rings is 5. The first-order valence-electron chi connectivity index (χ1n) is 16.7. The van der Waals surface area contributed by atoms with E-state index >= 15 is 0 Å². The molecular weight excluding hydrogens is 676 g/mol. The Morgan fingerprint density at radius 1 is 0.745 bits per heavy atom. The van der Waals surface area contributed by atoms with Crippen LogP contribution in [0.3, 0.4) is 0 Å². The van der Waals surface area contributed by atoms with Crippen LogP contribution in [-0.2, 0) is 21.9 Å². The number of fused-ring (bicyclic) bond motifs is 2. The lowest BCUT2D eigenvalue weighted by Crippen LogP contribution is -2.37. The molecule has 1 aliphatic rings. The van der Waals surface area contributed by atoms with Crippen molar-refractivity contribution >= 4 is 44.2 Å². The highest BCUT2D eigenvalue weighted by molar-refractivity contribution is 7.92. The molecular formula is C42H33ClN4O3S. The standard InChI is InChI=1S/C42H33ClN4O3S/c1-28(2)51(49,50)34-23-21-29(22-24-34)36-25-44-40-39(45-36)37(46-26-30-13-12-20-35(43)38(30)41(46)48)27-47(40)42(31-14-6-3-7-15-31,32-16-8-4-9-17-32)33-18-10-5-11-19-33/h3-25,27-28H,26H2,1-2H3. The summed E-state index contributed by atoms with van der Waals surface area (Å²) in [5, 5.41) is -0.143. The van der Waals surface area contributed by atoms with E-state index in [1.54, 1.807) is 55.3 Å². The third kappa shape index (κ3) is 5.25. The van der Waals surface area contributed by atoms with Gasteiger partial charge in [-0.25, -0.2) is 18.4 Å². The van der Waals surface area contributed by atoms with E-state index in [-0.39, 0.29) is 10.8 Å². The SMILES string of the molecule is CC(C)S(=O)(=O)c1ccc(-c2cnc3c(n2)c(N2Cc4cccc(Cl)c4C2=O)cn3C(c2ccccc2)(c2ccccc2)c2ccccc2)cc1. The number of carbonyl (C=O) groups excluding carboxylic acids is 1. The molecule has 2 aromatic heterocycles. The average Bonchev–Trinajstić information content (AvgIpc) is 3.71. The zero-order valence-corrected chi connectivity index (χ0v) is 29.5. The zero-order valence-electron chi connectivity index (χ0n) is 27.9. The summed E-state index contributed by atoms with van der Waals surface area (Å²) < 4.78 is 27.9. The van der Waals surface area contributed by atoms with Crippen LogP contribution in [0.5, 0.6) is 0 Å². The molecule has 0 radical (unpaired) electrons. The van der Waals surface area contributed by atoms with Gasteiger partial charge >= 0.3 is 0 Å². The molecule has 1 amide bonds. The van der Waals surface area contributed by atoms with Crippen molar-refractivity contribution in [1.82, 2.24) is 14.5 Å². The Balaban J connectivity index is 1.42. The smallest absolute Gasteiger partial charge is 0.260 e. The van der Waals surface area contributed by atoms with E-state index in [1.807, 2.05) is 72.9 Å². The Morgan fingerprint density at radius 2 is 1.31 bits per heavy atom. The number of aromatic nitrogens is 3. The van der Waals surface area contributed by atoms with Crippen LogP contribution >= 0.6 is 11.6 Å².